The van der Waals surface area contributed by atoms with E-state index in [9.17, 15) is 0 Å². The Morgan fingerprint density at radius 2 is 1.89 bits per heavy atom. The predicted molar refractivity (Wildman–Crippen MR) is 84.2 cm³/mol. The molecule has 0 spiro atoms. The summed E-state index contributed by atoms with van der Waals surface area (Å²) in [6.07, 6.45) is 0. The number of ether oxygens (including phenoxy) is 2. The molecule has 2 aromatic rings. The van der Waals surface area contributed by atoms with E-state index in [0.29, 0.717) is 11.6 Å². The summed E-state index contributed by atoms with van der Waals surface area (Å²) in [5.41, 5.74) is 0.938. The normalized spacial score (nSPS) is 10.3. The second kappa shape index (κ2) is 6.64. The molecule has 2 aromatic carbocycles. The Kier molecular flexibility index (Phi) is 5.13. The van der Waals surface area contributed by atoms with E-state index in [1.165, 1.54) is 0 Å². The van der Waals surface area contributed by atoms with Crippen LogP contribution in [-0.4, -0.2) is 7.11 Å². The smallest absolute Gasteiger partial charge is 0.134 e. The van der Waals surface area contributed by atoms with Crippen LogP contribution in [0, 0.1) is 0 Å². The van der Waals surface area contributed by atoms with Crippen molar-refractivity contribution in [3.63, 3.8) is 0 Å². The summed E-state index contributed by atoms with van der Waals surface area (Å²) in [5.74, 6) is 1.53. The lowest BCUT2D eigenvalue weighted by atomic mass is 10.2. The average molecular weight is 407 g/mol. The molecule has 0 atom stereocenters. The van der Waals surface area contributed by atoms with Crippen molar-refractivity contribution in [1.82, 2.24) is 0 Å². The molecular formula is C14H11Br2ClO2. The second-order valence-corrected chi connectivity index (χ2v) is 6.00. The molecule has 0 radical (unpaired) electrons. The van der Waals surface area contributed by atoms with E-state index < -0.39 is 0 Å². The zero-order valence-corrected chi connectivity index (χ0v) is 14.0. The van der Waals surface area contributed by atoms with Crippen molar-refractivity contribution in [2.24, 2.45) is 0 Å². The van der Waals surface area contributed by atoms with Gasteiger partial charge in [0.1, 0.15) is 18.1 Å². The van der Waals surface area contributed by atoms with Crippen molar-refractivity contribution in [3.05, 3.63) is 55.9 Å². The van der Waals surface area contributed by atoms with Crippen LogP contribution in [-0.2, 0) is 6.61 Å². The molecule has 0 fully saturated rings. The Hall–Kier alpha value is -0.710. The molecule has 100 valence electrons. The van der Waals surface area contributed by atoms with Gasteiger partial charge in [-0.05, 0) is 46.3 Å². The van der Waals surface area contributed by atoms with Gasteiger partial charge in [0.2, 0.25) is 0 Å². The SMILES string of the molecule is COc1ccc(OCc2ccc(Br)cc2Cl)c(Br)c1. The maximum atomic E-state index is 6.14. The zero-order chi connectivity index (χ0) is 13.8. The van der Waals surface area contributed by atoms with Crippen molar-refractivity contribution in [1.29, 1.82) is 0 Å². The van der Waals surface area contributed by atoms with E-state index in [1.54, 1.807) is 7.11 Å². The molecule has 0 saturated heterocycles. The highest BCUT2D eigenvalue weighted by molar-refractivity contribution is 9.10. The molecule has 0 N–H and O–H groups in total. The maximum absolute atomic E-state index is 6.14. The number of halogens is 3. The van der Waals surface area contributed by atoms with Gasteiger partial charge in [-0.1, -0.05) is 33.6 Å². The van der Waals surface area contributed by atoms with Crippen LogP contribution in [0.3, 0.4) is 0 Å². The third-order valence-corrected chi connectivity index (χ3v) is 4.00. The van der Waals surface area contributed by atoms with Gasteiger partial charge in [0.25, 0.3) is 0 Å². The van der Waals surface area contributed by atoms with E-state index in [2.05, 4.69) is 31.9 Å². The fourth-order valence-electron chi connectivity index (χ4n) is 1.52. The van der Waals surface area contributed by atoms with E-state index in [4.69, 9.17) is 21.1 Å². The second-order valence-electron chi connectivity index (χ2n) is 3.82. The Bertz CT molecular complexity index is 588. The van der Waals surface area contributed by atoms with E-state index >= 15 is 0 Å². The Morgan fingerprint density at radius 3 is 2.53 bits per heavy atom. The van der Waals surface area contributed by atoms with Gasteiger partial charge in [0.05, 0.1) is 11.6 Å². The molecule has 0 aliphatic carbocycles. The van der Waals surface area contributed by atoms with Crippen LogP contribution in [0.4, 0.5) is 0 Å². The van der Waals surface area contributed by atoms with Crippen molar-refractivity contribution < 1.29 is 9.47 Å². The van der Waals surface area contributed by atoms with Gasteiger partial charge in [0, 0.05) is 15.1 Å². The standard InChI is InChI=1S/C14H11Br2ClO2/c1-18-11-4-5-14(12(16)7-11)19-8-9-2-3-10(15)6-13(9)17/h2-7H,8H2,1H3. The van der Waals surface area contributed by atoms with Crippen LogP contribution in [0.5, 0.6) is 11.5 Å². The van der Waals surface area contributed by atoms with E-state index in [0.717, 1.165) is 26.0 Å². The fourth-order valence-corrected chi connectivity index (χ4v) is 2.72. The molecular weight excluding hydrogens is 395 g/mol. The largest absolute Gasteiger partial charge is 0.497 e. The molecule has 5 heteroatoms. The number of rotatable bonds is 4. The first-order valence-electron chi connectivity index (χ1n) is 5.50. The van der Waals surface area contributed by atoms with Gasteiger partial charge in [-0.3, -0.25) is 0 Å². The minimum atomic E-state index is 0.414. The van der Waals surface area contributed by atoms with Crippen LogP contribution >= 0.6 is 43.5 Å². The summed E-state index contributed by atoms with van der Waals surface area (Å²) in [5, 5.41) is 0.680. The number of benzene rings is 2. The quantitative estimate of drug-likeness (QED) is 0.672. The maximum Gasteiger partial charge on any atom is 0.134 e. The Morgan fingerprint density at radius 1 is 1.11 bits per heavy atom. The summed E-state index contributed by atoms with van der Waals surface area (Å²) in [7, 11) is 1.63. The molecule has 0 saturated carbocycles. The van der Waals surface area contributed by atoms with E-state index in [1.807, 2.05) is 36.4 Å². The number of hydrogen-bond donors (Lipinski definition) is 0. The summed E-state index contributed by atoms with van der Waals surface area (Å²) in [6, 6.07) is 11.3. The third-order valence-electron chi connectivity index (χ3n) is 2.54. The first kappa shape index (κ1) is 14.7. The summed E-state index contributed by atoms with van der Waals surface area (Å²) in [6.45, 7) is 0.414. The molecule has 0 unspecified atom stereocenters. The fraction of sp³-hybridized carbons (Fsp3) is 0.143. The molecule has 0 heterocycles. The lowest BCUT2D eigenvalue weighted by Crippen LogP contribution is -1.97. The molecule has 0 aliphatic heterocycles. The Labute approximate surface area is 133 Å². The highest BCUT2D eigenvalue weighted by Gasteiger charge is 2.06. The van der Waals surface area contributed by atoms with Gasteiger partial charge in [0.15, 0.2) is 0 Å². The van der Waals surface area contributed by atoms with Crippen molar-refractivity contribution in [2.75, 3.05) is 7.11 Å². The molecule has 0 bridgehead atoms. The summed E-state index contributed by atoms with van der Waals surface area (Å²) < 4.78 is 12.7. The lowest BCUT2D eigenvalue weighted by molar-refractivity contribution is 0.303. The van der Waals surface area contributed by atoms with Crippen LogP contribution < -0.4 is 9.47 Å². The third kappa shape index (κ3) is 3.88. The first-order valence-corrected chi connectivity index (χ1v) is 7.47. The average Bonchev–Trinajstić information content (AvgIpc) is 2.39. The zero-order valence-electron chi connectivity index (χ0n) is 10.1. The van der Waals surface area contributed by atoms with Gasteiger partial charge >= 0.3 is 0 Å². The minimum Gasteiger partial charge on any atom is -0.497 e. The van der Waals surface area contributed by atoms with Gasteiger partial charge in [-0.2, -0.15) is 0 Å². The highest BCUT2D eigenvalue weighted by Crippen LogP contribution is 2.30. The first-order chi connectivity index (χ1) is 9.10. The molecule has 0 aliphatic rings. The highest BCUT2D eigenvalue weighted by atomic mass is 79.9. The van der Waals surface area contributed by atoms with Gasteiger partial charge in [-0.25, -0.2) is 0 Å². The molecule has 19 heavy (non-hydrogen) atoms. The van der Waals surface area contributed by atoms with Crippen molar-refractivity contribution in [2.45, 2.75) is 6.61 Å². The lowest BCUT2D eigenvalue weighted by Gasteiger charge is -2.10. The number of hydrogen-bond acceptors (Lipinski definition) is 2. The molecule has 2 nitrogen and oxygen atoms in total. The monoisotopic (exact) mass is 404 g/mol. The molecule has 2 rings (SSSR count). The predicted octanol–water partition coefficient (Wildman–Crippen LogP) is 5.45. The van der Waals surface area contributed by atoms with Crippen LogP contribution in [0.1, 0.15) is 5.56 Å². The van der Waals surface area contributed by atoms with Crippen LogP contribution in [0.2, 0.25) is 5.02 Å². The van der Waals surface area contributed by atoms with Crippen molar-refractivity contribution >= 4 is 43.5 Å². The summed E-state index contributed by atoms with van der Waals surface area (Å²) >= 11 is 13.0. The minimum absolute atomic E-state index is 0.414. The van der Waals surface area contributed by atoms with E-state index in [-0.39, 0.29) is 0 Å². The van der Waals surface area contributed by atoms with Crippen LogP contribution in [0.15, 0.2) is 45.3 Å². The van der Waals surface area contributed by atoms with Gasteiger partial charge in [-0.15, -0.1) is 0 Å². The van der Waals surface area contributed by atoms with Crippen LogP contribution in [0.25, 0.3) is 0 Å². The van der Waals surface area contributed by atoms with Gasteiger partial charge < -0.3 is 9.47 Å². The molecule has 0 aromatic heterocycles. The number of methoxy groups -OCH3 is 1. The Balaban J connectivity index is 2.10. The molecule has 0 amide bonds. The summed E-state index contributed by atoms with van der Waals surface area (Å²) in [4.78, 5) is 0. The topological polar surface area (TPSA) is 18.5 Å². The van der Waals surface area contributed by atoms with Crippen molar-refractivity contribution in [3.8, 4) is 11.5 Å².